The van der Waals surface area contributed by atoms with Gasteiger partial charge in [-0.15, -0.1) is 11.3 Å². The van der Waals surface area contributed by atoms with Crippen molar-refractivity contribution < 1.29 is 0 Å². The summed E-state index contributed by atoms with van der Waals surface area (Å²) in [5.41, 5.74) is 3.95. The summed E-state index contributed by atoms with van der Waals surface area (Å²) in [4.78, 5) is 27.9. The van der Waals surface area contributed by atoms with Crippen LogP contribution in [0.3, 0.4) is 0 Å². The molecule has 3 aromatic rings. The van der Waals surface area contributed by atoms with Crippen LogP contribution in [0.5, 0.6) is 0 Å². The average molecular weight is 352 g/mol. The second-order valence-corrected chi connectivity index (χ2v) is 7.70. The summed E-state index contributed by atoms with van der Waals surface area (Å²) in [6.45, 7) is 6.24. The van der Waals surface area contributed by atoms with E-state index in [0.29, 0.717) is 12.4 Å². The Morgan fingerprint density at radius 1 is 1.20 bits per heavy atom. The molecule has 6 heteroatoms. The Kier molecular flexibility index (Phi) is 4.23. The largest absolute Gasteiger partial charge is 0.310 e. The summed E-state index contributed by atoms with van der Waals surface area (Å²) < 4.78 is 0. The van der Waals surface area contributed by atoms with Gasteiger partial charge in [-0.05, 0) is 13.8 Å². The number of nitrogens with one attached hydrogen (secondary N) is 1. The molecule has 1 aliphatic rings. The lowest BCUT2D eigenvalue weighted by atomic mass is 10.1. The minimum atomic E-state index is -0.00373. The predicted molar refractivity (Wildman–Crippen MR) is 99.7 cm³/mol. The van der Waals surface area contributed by atoms with Crippen LogP contribution in [-0.2, 0) is 19.5 Å². The van der Waals surface area contributed by atoms with Gasteiger partial charge in [0, 0.05) is 36.5 Å². The predicted octanol–water partition coefficient (Wildman–Crippen LogP) is 3.07. The lowest BCUT2D eigenvalue weighted by molar-refractivity contribution is 0.244. The van der Waals surface area contributed by atoms with Crippen molar-refractivity contribution in [1.82, 2.24) is 19.9 Å². The van der Waals surface area contributed by atoms with Crippen molar-refractivity contribution in [3.63, 3.8) is 0 Å². The van der Waals surface area contributed by atoms with Crippen LogP contribution in [0.15, 0.2) is 35.1 Å². The van der Waals surface area contributed by atoms with Crippen molar-refractivity contribution in [2.75, 3.05) is 6.54 Å². The number of aromatic amines is 1. The SMILES string of the molecule is Cc1nc2c(c(=O)[nH]1)CN(Cc1sc(C)nc1-c1ccccc1)CC2. The average Bonchev–Trinajstić information content (AvgIpc) is 2.96. The molecule has 1 N–H and O–H groups in total. The first-order chi connectivity index (χ1) is 12.1. The van der Waals surface area contributed by atoms with Gasteiger partial charge in [-0.3, -0.25) is 9.69 Å². The summed E-state index contributed by atoms with van der Waals surface area (Å²) >= 11 is 1.74. The summed E-state index contributed by atoms with van der Waals surface area (Å²) in [5, 5.41) is 1.07. The van der Waals surface area contributed by atoms with E-state index >= 15 is 0 Å². The molecular formula is C19H20N4OS. The number of rotatable bonds is 3. The summed E-state index contributed by atoms with van der Waals surface area (Å²) in [6, 6.07) is 10.3. The highest BCUT2D eigenvalue weighted by molar-refractivity contribution is 7.12. The van der Waals surface area contributed by atoms with E-state index in [2.05, 4.69) is 27.0 Å². The van der Waals surface area contributed by atoms with Crippen LogP contribution in [0, 0.1) is 13.8 Å². The van der Waals surface area contributed by atoms with Gasteiger partial charge in [-0.2, -0.15) is 0 Å². The summed E-state index contributed by atoms with van der Waals surface area (Å²) in [7, 11) is 0. The zero-order valence-electron chi connectivity index (χ0n) is 14.4. The third-order valence-corrected chi connectivity index (χ3v) is 5.44. The van der Waals surface area contributed by atoms with Crippen molar-refractivity contribution in [1.29, 1.82) is 0 Å². The number of aryl methyl sites for hydroxylation is 2. The highest BCUT2D eigenvalue weighted by Crippen LogP contribution is 2.30. The molecule has 1 aromatic carbocycles. The Morgan fingerprint density at radius 3 is 2.80 bits per heavy atom. The standard InChI is InChI=1S/C19H20N4OS/c1-12-20-16-8-9-23(10-15(16)19(24)21-12)11-17-18(22-13(2)25-17)14-6-4-3-5-7-14/h3-7H,8-11H2,1-2H3,(H,20,21,24). The molecule has 0 unspecified atom stereocenters. The lowest BCUT2D eigenvalue weighted by Crippen LogP contribution is -2.35. The van der Waals surface area contributed by atoms with Gasteiger partial charge in [0.2, 0.25) is 0 Å². The van der Waals surface area contributed by atoms with Gasteiger partial charge in [0.15, 0.2) is 0 Å². The van der Waals surface area contributed by atoms with Crippen molar-refractivity contribution in [2.45, 2.75) is 33.4 Å². The van der Waals surface area contributed by atoms with Crippen molar-refractivity contribution in [3.8, 4) is 11.3 Å². The van der Waals surface area contributed by atoms with Crippen LogP contribution in [0.1, 0.15) is 27.0 Å². The molecule has 2 aromatic heterocycles. The maximum atomic E-state index is 12.2. The Balaban J connectivity index is 1.61. The Labute approximate surface area is 150 Å². The minimum Gasteiger partial charge on any atom is -0.310 e. The number of hydrogen-bond donors (Lipinski definition) is 1. The number of thiazole rings is 1. The molecule has 3 heterocycles. The van der Waals surface area contributed by atoms with E-state index in [-0.39, 0.29) is 5.56 Å². The van der Waals surface area contributed by atoms with Gasteiger partial charge in [-0.1, -0.05) is 30.3 Å². The zero-order chi connectivity index (χ0) is 17.4. The second kappa shape index (κ2) is 6.54. The minimum absolute atomic E-state index is 0.00373. The van der Waals surface area contributed by atoms with Crippen molar-refractivity contribution in [3.05, 3.63) is 67.7 Å². The topological polar surface area (TPSA) is 61.9 Å². The van der Waals surface area contributed by atoms with Crippen LogP contribution in [0.2, 0.25) is 0 Å². The fourth-order valence-electron chi connectivity index (χ4n) is 3.34. The molecule has 0 saturated carbocycles. The van der Waals surface area contributed by atoms with E-state index in [4.69, 9.17) is 4.98 Å². The van der Waals surface area contributed by atoms with Gasteiger partial charge >= 0.3 is 0 Å². The van der Waals surface area contributed by atoms with Gasteiger partial charge in [-0.25, -0.2) is 9.97 Å². The molecule has 4 rings (SSSR count). The molecule has 0 bridgehead atoms. The molecule has 128 valence electrons. The molecule has 0 radical (unpaired) electrons. The molecular weight excluding hydrogens is 332 g/mol. The highest BCUT2D eigenvalue weighted by Gasteiger charge is 2.22. The lowest BCUT2D eigenvalue weighted by Gasteiger charge is -2.27. The monoisotopic (exact) mass is 352 g/mol. The number of hydrogen-bond acceptors (Lipinski definition) is 5. The molecule has 0 fully saturated rings. The molecule has 0 amide bonds. The van der Waals surface area contributed by atoms with Gasteiger partial charge in [0.25, 0.3) is 5.56 Å². The maximum absolute atomic E-state index is 12.2. The van der Waals surface area contributed by atoms with Gasteiger partial charge < -0.3 is 4.98 Å². The first-order valence-electron chi connectivity index (χ1n) is 8.43. The molecule has 1 aliphatic heterocycles. The van der Waals surface area contributed by atoms with E-state index < -0.39 is 0 Å². The van der Waals surface area contributed by atoms with Crippen LogP contribution >= 0.6 is 11.3 Å². The molecule has 0 spiro atoms. The van der Waals surface area contributed by atoms with Gasteiger partial charge in [0.05, 0.1) is 22.0 Å². The number of benzene rings is 1. The van der Waals surface area contributed by atoms with Crippen LogP contribution < -0.4 is 5.56 Å². The number of H-pyrrole nitrogens is 1. The molecule has 0 atom stereocenters. The van der Waals surface area contributed by atoms with E-state index in [1.807, 2.05) is 32.0 Å². The number of aromatic nitrogens is 3. The third-order valence-electron chi connectivity index (χ3n) is 4.48. The maximum Gasteiger partial charge on any atom is 0.255 e. The van der Waals surface area contributed by atoms with E-state index in [1.165, 1.54) is 4.88 Å². The quantitative estimate of drug-likeness (QED) is 0.787. The Morgan fingerprint density at radius 2 is 2.00 bits per heavy atom. The van der Waals surface area contributed by atoms with E-state index in [0.717, 1.165) is 47.0 Å². The summed E-state index contributed by atoms with van der Waals surface area (Å²) in [6.07, 6.45) is 0.818. The number of nitrogens with zero attached hydrogens (tertiary/aromatic N) is 3. The molecule has 25 heavy (non-hydrogen) atoms. The first kappa shape index (κ1) is 16.2. The fraction of sp³-hybridized carbons (Fsp3) is 0.316. The number of fused-ring (bicyclic) bond motifs is 1. The van der Waals surface area contributed by atoms with Crippen LogP contribution in [-0.4, -0.2) is 26.4 Å². The van der Waals surface area contributed by atoms with Gasteiger partial charge in [0.1, 0.15) is 5.82 Å². The molecule has 0 aliphatic carbocycles. The smallest absolute Gasteiger partial charge is 0.255 e. The fourth-order valence-corrected chi connectivity index (χ4v) is 4.34. The van der Waals surface area contributed by atoms with Crippen molar-refractivity contribution >= 4 is 11.3 Å². The third kappa shape index (κ3) is 3.27. The normalized spacial score (nSPS) is 14.5. The van der Waals surface area contributed by atoms with E-state index in [9.17, 15) is 4.79 Å². The Hall–Kier alpha value is -2.31. The van der Waals surface area contributed by atoms with E-state index in [1.54, 1.807) is 11.3 Å². The highest BCUT2D eigenvalue weighted by atomic mass is 32.1. The Bertz CT molecular complexity index is 961. The van der Waals surface area contributed by atoms with Crippen LogP contribution in [0.4, 0.5) is 0 Å². The van der Waals surface area contributed by atoms with Crippen LogP contribution in [0.25, 0.3) is 11.3 Å². The first-order valence-corrected chi connectivity index (χ1v) is 9.24. The second-order valence-electron chi connectivity index (χ2n) is 6.41. The zero-order valence-corrected chi connectivity index (χ0v) is 15.2. The summed E-state index contributed by atoms with van der Waals surface area (Å²) in [5.74, 6) is 0.696. The molecule has 5 nitrogen and oxygen atoms in total. The van der Waals surface area contributed by atoms with Crippen molar-refractivity contribution in [2.24, 2.45) is 0 Å². The molecule has 0 saturated heterocycles.